The first kappa shape index (κ1) is 12.2. The Bertz CT molecular complexity index is 85.8. The van der Waals surface area contributed by atoms with Gasteiger partial charge in [-0.3, -0.25) is 0 Å². The summed E-state index contributed by atoms with van der Waals surface area (Å²) in [6, 6.07) is 0.507. The van der Waals surface area contributed by atoms with Crippen molar-refractivity contribution in [3.63, 3.8) is 0 Å². The number of rotatable bonds is 0. The van der Waals surface area contributed by atoms with Gasteiger partial charge >= 0.3 is 0 Å². The Morgan fingerprint density at radius 2 is 1.00 bits per heavy atom. The predicted molar refractivity (Wildman–Crippen MR) is 56.8 cm³/mol. The minimum atomic E-state index is 0. The maximum absolute atomic E-state index is 5.92. The highest BCUT2D eigenvalue weighted by molar-refractivity contribution is 5.85. The summed E-state index contributed by atoms with van der Waals surface area (Å²) in [4.78, 5) is 0. The van der Waals surface area contributed by atoms with Gasteiger partial charge in [-0.15, -0.1) is 12.4 Å². The van der Waals surface area contributed by atoms with Crippen LogP contribution in [-0.2, 0) is 0 Å². The van der Waals surface area contributed by atoms with Gasteiger partial charge in [-0.05, 0) is 12.8 Å². The largest absolute Gasteiger partial charge is 0.328 e. The van der Waals surface area contributed by atoms with Crippen LogP contribution in [0.4, 0.5) is 0 Å². The molecule has 0 atom stereocenters. The summed E-state index contributed by atoms with van der Waals surface area (Å²) in [5.74, 6) is 0. The summed E-state index contributed by atoms with van der Waals surface area (Å²) in [6.45, 7) is 0. The second kappa shape index (κ2) is 7.88. The molecule has 0 amide bonds. The highest BCUT2D eigenvalue weighted by Crippen LogP contribution is 2.15. The van der Waals surface area contributed by atoms with Crippen molar-refractivity contribution in [2.24, 2.45) is 5.73 Å². The van der Waals surface area contributed by atoms with E-state index in [0.717, 1.165) is 0 Å². The zero-order valence-corrected chi connectivity index (χ0v) is 8.74. The van der Waals surface area contributed by atoms with Crippen LogP contribution in [0.2, 0.25) is 0 Å². The van der Waals surface area contributed by atoms with Crippen molar-refractivity contribution in [1.29, 1.82) is 0 Å². The zero-order valence-electron chi connectivity index (χ0n) is 7.93. The van der Waals surface area contributed by atoms with E-state index in [1.165, 1.54) is 57.8 Å². The minimum Gasteiger partial charge on any atom is -0.328 e. The Balaban J connectivity index is 0.00000121. The van der Waals surface area contributed by atoms with Gasteiger partial charge < -0.3 is 5.73 Å². The number of halogens is 1. The first-order valence-corrected chi connectivity index (χ1v) is 5.15. The van der Waals surface area contributed by atoms with Crippen molar-refractivity contribution in [1.82, 2.24) is 0 Å². The van der Waals surface area contributed by atoms with Gasteiger partial charge in [0, 0.05) is 6.04 Å². The molecule has 0 saturated heterocycles. The lowest BCUT2D eigenvalue weighted by Gasteiger charge is -2.13. The average Bonchev–Trinajstić information content (AvgIpc) is 2.03. The third kappa shape index (κ3) is 5.84. The number of hydrogen-bond acceptors (Lipinski definition) is 1. The van der Waals surface area contributed by atoms with Crippen LogP contribution < -0.4 is 5.73 Å². The Kier molecular flexibility index (Phi) is 8.04. The molecular formula is C10H22ClN. The fraction of sp³-hybridized carbons (Fsp3) is 1.00. The normalized spacial score (nSPS) is 22.8. The Labute approximate surface area is 82.5 Å². The van der Waals surface area contributed by atoms with Crippen LogP contribution in [-0.4, -0.2) is 6.04 Å². The Hall–Kier alpha value is 0.250. The van der Waals surface area contributed by atoms with Crippen LogP contribution in [0, 0.1) is 0 Å². The van der Waals surface area contributed by atoms with E-state index in [0.29, 0.717) is 6.04 Å². The molecule has 74 valence electrons. The van der Waals surface area contributed by atoms with Gasteiger partial charge in [-0.25, -0.2) is 0 Å². The van der Waals surface area contributed by atoms with Crippen molar-refractivity contribution in [2.45, 2.75) is 63.8 Å². The molecular weight excluding hydrogens is 170 g/mol. The van der Waals surface area contributed by atoms with E-state index in [2.05, 4.69) is 0 Å². The molecule has 0 bridgehead atoms. The molecule has 0 aromatic rings. The molecule has 12 heavy (non-hydrogen) atoms. The second-order valence-corrected chi connectivity index (χ2v) is 3.81. The third-order valence-corrected chi connectivity index (χ3v) is 2.65. The molecule has 1 aliphatic rings. The van der Waals surface area contributed by atoms with Gasteiger partial charge in [0.25, 0.3) is 0 Å². The molecule has 0 heterocycles. The molecule has 1 aliphatic carbocycles. The topological polar surface area (TPSA) is 26.0 Å². The van der Waals surface area contributed by atoms with Gasteiger partial charge in [0.2, 0.25) is 0 Å². The second-order valence-electron chi connectivity index (χ2n) is 3.81. The maximum atomic E-state index is 5.92. The first-order chi connectivity index (χ1) is 5.39. The van der Waals surface area contributed by atoms with Crippen molar-refractivity contribution >= 4 is 12.4 Å². The summed E-state index contributed by atoms with van der Waals surface area (Å²) in [5, 5.41) is 0. The van der Waals surface area contributed by atoms with E-state index in [9.17, 15) is 0 Å². The van der Waals surface area contributed by atoms with Crippen LogP contribution >= 0.6 is 12.4 Å². The molecule has 1 saturated carbocycles. The fourth-order valence-electron chi connectivity index (χ4n) is 1.84. The summed E-state index contributed by atoms with van der Waals surface area (Å²) in [5.41, 5.74) is 5.92. The van der Waals surface area contributed by atoms with Gasteiger partial charge in [-0.1, -0.05) is 44.9 Å². The summed E-state index contributed by atoms with van der Waals surface area (Å²) >= 11 is 0. The average molecular weight is 192 g/mol. The van der Waals surface area contributed by atoms with E-state index in [1.54, 1.807) is 0 Å². The third-order valence-electron chi connectivity index (χ3n) is 2.65. The van der Waals surface area contributed by atoms with E-state index in [-0.39, 0.29) is 12.4 Å². The molecule has 0 aromatic heterocycles. The van der Waals surface area contributed by atoms with E-state index < -0.39 is 0 Å². The highest BCUT2D eigenvalue weighted by Gasteiger charge is 2.03. The molecule has 1 fully saturated rings. The van der Waals surface area contributed by atoms with E-state index in [4.69, 9.17) is 5.73 Å². The van der Waals surface area contributed by atoms with Gasteiger partial charge in [-0.2, -0.15) is 0 Å². The maximum Gasteiger partial charge on any atom is 0.00388 e. The standard InChI is InChI=1S/C10H21N.ClH/c11-10-8-6-4-2-1-3-5-7-9-10;/h10H,1-9,11H2;1H. The van der Waals surface area contributed by atoms with Gasteiger partial charge in [0.1, 0.15) is 0 Å². The summed E-state index contributed by atoms with van der Waals surface area (Å²) < 4.78 is 0. The lowest BCUT2D eigenvalue weighted by atomic mass is 9.98. The van der Waals surface area contributed by atoms with Crippen LogP contribution in [0.15, 0.2) is 0 Å². The smallest absolute Gasteiger partial charge is 0.00388 e. The van der Waals surface area contributed by atoms with Gasteiger partial charge in [0.15, 0.2) is 0 Å². The molecule has 0 spiro atoms. The minimum absolute atomic E-state index is 0. The van der Waals surface area contributed by atoms with Crippen molar-refractivity contribution in [3.8, 4) is 0 Å². The van der Waals surface area contributed by atoms with Crippen molar-refractivity contribution in [3.05, 3.63) is 0 Å². The molecule has 0 aliphatic heterocycles. The Morgan fingerprint density at radius 3 is 1.42 bits per heavy atom. The van der Waals surface area contributed by atoms with Gasteiger partial charge in [0.05, 0.1) is 0 Å². The predicted octanol–water partition coefficient (Wildman–Crippen LogP) is 3.26. The number of nitrogens with two attached hydrogens (primary N) is 1. The lowest BCUT2D eigenvalue weighted by molar-refractivity contribution is 0.461. The molecule has 0 unspecified atom stereocenters. The molecule has 0 radical (unpaired) electrons. The molecule has 1 nitrogen and oxygen atoms in total. The lowest BCUT2D eigenvalue weighted by Crippen LogP contribution is -2.19. The van der Waals surface area contributed by atoms with Crippen LogP contribution in [0.5, 0.6) is 0 Å². The summed E-state index contributed by atoms with van der Waals surface area (Å²) in [6.07, 6.45) is 12.4. The quantitative estimate of drug-likeness (QED) is 0.625. The van der Waals surface area contributed by atoms with Crippen LogP contribution in [0.3, 0.4) is 0 Å². The molecule has 2 heteroatoms. The van der Waals surface area contributed by atoms with Crippen molar-refractivity contribution < 1.29 is 0 Å². The van der Waals surface area contributed by atoms with E-state index >= 15 is 0 Å². The van der Waals surface area contributed by atoms with Crippen LogP contribution in [0.1, 0.15) is 57.8 Å². The molecule has 2 N–H and O–H groups in total. The van der Waals surface area contributed by atoms with E-state index in [1.807, 2.05) is 0 Å². The number of hydrogen-bond donors (Lipinski definition) is 1. The molecule has 1 rings (SSSR count). The molecule has 0 aromatic carbocycles. The highest BCUT2D eigenvalue weighted by atomic mass is 35.5. The Morgan fingerprint density at radius 1 is 0.667 bits per heavy atom. The SMILES string of the molecule is Cl.NC1CCCCCCCCC1. The fourth-order valence-corrected chi connectivity index (χ4v) is 1.84. The summed E-state index contributed by atoms with van der Waals surface area (Å²) in [7, 11) is 0. The monoisotopic (exact) mass is 191 g/mol. The first-order valence-electron chi connectivity index (χ1n) is 5.15. The van der Waals surface area contributed by atoms with Crippen LogP contribution in [0.25, 0.3) is 0 Å². The zero-order chi connectivity index (χ0) is 7.94. The van der Waals surface area contributed by atoms with Crippen molar-refractivity contribution in [2.75, 3.05) is 0 Å².